The van der Waals surface area contributed by atoms with Gasteiger partial charge in [-0.05, 0) is 30.7 Å². The maximum absolute atomic E-state index is 14.2. The van der Waals surface area contributed by atoms with Crippen LogP contribution in [0.15, 0.2) is 61.2 Å². The van der Waals surface area contributed by atoms with E-state index in [9.17, 15) is 9.18 Å². The molecule has 7 nitrogen and oxygen atoms in total. The Morgan fingerprint density at radius 2 is 2.10 bits per heavy atom. The summed E-state index contributed by atoms with van der Waals surface area (Å²) in [5, 5.41) is 0.443. The van der Waals surface area contributed by atoms with Crippen molar-refractivity contribution in [1.82, 2.24) is 14.5 Å². The first-order chi connectivity index (χ1) is 15.2. The van der Waals surface area contributed by atoms with Crippen molar-refractivity contribution in [1.29, 1.82) is 0 Å². The Morgan fingerprint density at radius 3 is 2.90 bits per heavy atom. The lowest BCUT2D eigenvalue weighted by Gasteiger charge is -2.29. The summed E-state index contributed by atoms with van der Waals surface area (Å²) in [6, 6.07) is 12.0. The van der Waals surface area contributed by atoms with E-state index in [4.69, 9.17) is 9.47 Å². The minimum atomic E-state index is -0.806. The van der Waals surface area contributed by atoms with Crippen LogP contribution in [0.5, 0.6) is 11.5 Å². The van der Waals surface area contributed by atoms with Gasteiger partial charge in [0.25, 0.3) is 5.91 Å². The van der Waals surface area contributed by atoms with Gasteiger partial charge in [0.15, 0.2) is 16.6 Å². The third-order valence-corrected chi connectivity index (χ3v) is 6.04. The minimum absolute atomic E-state index is 0.104. The van der Waals surface area contributed by atoms with Gasteiger partial charge in [0.1, 0.15) is 17.9 Å². The Hall–Kier alpha value is -3.46. The van der Waals surface area contributed by atoms with Crippen LogP contribution in [0.2, 0.25) is 0 Å². The molecule has 0 radical (unpaired) electrons. The molecule has 158 valence electrons. The maximum Gasteiger partial charge on any atom is 0.273 e. The average Bonchev–Trinajstić information content (AvgIpc) is 3.46. The molecule has 0 aliphatic carbocycles. The van der Waals surface area contributed by atoms with Crippen LogP contribution in [-0.4, -0.2) is 39.7 Å². The normalized spacial score (nSPS) is 15.2. The summed E-state index contributed by atoms with van der Waals surface area (Å²) in [5.74, 6) is 0.470. The summed E-state index contributed by atoms with van der Waals surface area (Å²) in [6.45, 7) is 1.20. The molecule has 0 spiro atoms. The van der Waals surface area contributed by atoms with Gasteiger partial charge in [-0.3, -0.25) is 9.69 Å². The molecular formula is C22H19FN4O3S. The Morgan fingerprint density at radius 1 is 1.23 bits per heavy atom. The van der Waals surface area contributed by atoms with E-state index in [1.807, 2.05) is 22.9 Å². The number of fused-ring (bicyclic) bond motifs is 2. The number of nitrogens with zero attached hydrogens (tertiary/aromatic N) is 4. The van der Waals surface area contributed by atoms with E-state index in [0.29, 0.717) is 40.8 Å². The van der Waals surface area contributed by atoms with Crippen molar-refractivity contribution in [2.45, 2.75) is 19.1 Å². The fourth-order valence-electron chi connectivity index (χ4n) is 3.46. The smallest absolute Gasteiger partial charge is 0.273 e. The second-order valence-corrected chi connectivity index (χ2v) is 8.10. The third-order valence-electron chi connectivity index (χ3n) is 5.00. The Kier molecular flexibility index (Phi) is 5.25. The van der Waals surface area contributed by atoms with Crippen LogP contribution in [0.3, 0.4) is 0 Å². The molecule has 1 aliphatic heterocycles. The first kappa shape index (κ1) is 19.5. The lowest BCUT2D eigenvalue weighted by atomic mass is 10.2. The highest BCUT2D eigenvalue weighted by Crippen LogP contribution is 2.34. The van der Waals surface area contributed by atoms with Gasteiger partial charge in [0, 0.05) is 25.5 Å². The standard InChI is InChI=1S/C22H19FN4O3S/c23-15-5-3-8-19-20(15)25-22(31-19)27(11-4-10-26-12-9-24-14-26)21(28)18-13-29-16-6-1-2-7-17(16)30-18/h1-3,5-9,12,14,18H,4,10-11,13H2/t18-/m1/s1. The predicted molar refractivity (Wildman–Crippen MR) is 115 cm³/mol. The number of hydrogen-bond donors (Lipinski definition) is 0. The molecule has 0 fully saturated rings. The number of benzene rings is 2. The van der Waals surface area contributed by atoms with Crippen molar-refractivity contribution in [3.05, 3.63) is 67.0 Å². The van der Waals surface area contributed by atoms with E-state index in [1.54, 1.807) is 41.7 Å². The van der Waals surface area contributed by atoms with E-state index in [1.165, 1.54) is 17.4 Å². The van der Waals surface area contributed by atoms with Crippen LogP contribution in [0.1, 0.15) is 6.42 Å². The quantitative estimate of drug-likeness (QED) is 0.457. The van der Waals surface area contributed by atoms with Gasteiger partial charge >= 0.3 is 0 Å². The average molecular weight is 438 g/mol. The second kappa shape index (κ2) is 8.35. The predicted octanol–water partition coefficient (Wildman–Crippen LogP) is 3.90. The number of thiazole rings is 1. The third kappa shape index (κ3) is 3.96. The van der Waals surface area contributed by atoms with E-state index in [-0.39, 0.29) is 18.0 Å². The molecule has 0 unspecified atom stereocenters. The summed E-state index contributed by atoms with van der Waals surface area (Å²) in [5.41, 5.74) is 0.265. The molecular weight excluding hydrogens is 419 g/mol. The van der Waals surface area contributed by atoms with Gasteiger partial charge < -0.3 is 14.0 Å². The molecule has 9 heteroatoms. The molecule has 2 aromatic heterocycles. The molecule has 0 bridgehead atoms. The molecule has 31 heavy (non-hydrogen) atoms. The first-order valence-electron chi connectivity index (χ1n) is 9.90. The lowest BCUT2D eigenvalue weighted by Crippen LogP contribution is -2.47. The molecule has 5 rings (SSSR count). The van der Waals surface area contributed by atoms with Gasteiger partial charge in [-0.15, -0.1) is 0 Å². The number of para-hydroxylation sites is 3. The minimum Gasteiger partial charge on any atom is -0.485 e. The summed E-state index contributed by atoms with van der Waals surface area (Å²) in [6.07, 6.45) is 5.18. The lowest BCUT2D eigenvalue weighted by molar-refractivity contribution is -0.127. The van der Waals surface area contributed by atoms with Gasteiger partial charge in [0.05, 0.1) is 11.0 Å². The number of hydrogen-bond acceptors (Lipinski definition) is 6. The number of carbonyl (C=O) groups is 1. The van der Waals surface area contributed by atoms with E-state index in [2.05, 4.69) is 9.97 Å². The van der Waals surface area contributed by atoms with Crippen molar-refractivity contribution in [3.63, 3.8) is 0 Å². The van der Waals surface area contributed by atoms with Crippen LogP contribution < -0.4 is 14.4 Å². The van der Waals surface area contributed by atoms with Crippen LogP contribution >= 0.6 is 11.3 Å². The zero-order chi connectivity index (χ0) is 21.2. The molecule has 0 saturated heterocycles. The fourth-order valence-corrected chi connectivity index (χ4v) is 4.48. The molecule has 1 atom stereocenters. The van der Waals surface area contributed by atoms with Crippen LogP contribution in [-0.2, 0) is 11.3 Å². The molecule has 1 amide bonds. The molecule has 0 N–H and O–H groups in total. The SMILES string of the molecule is O=C([C@H]1COc2ccccc2O1)N(CCCn1ccnc1)c1nc2c(F)cccc2s1. The van der Waals surface area contributed by atoms with Gasteiger partial charge in [0.2, 0.25) is 6.10 Å². The van der Waals surface area contributed by atoms with Crippen molar-refractivity contribution in [2.24, 2.45) is 0 Å². The zero-order valence-electron chi connectivity index (χ0n) is 16.5. The van der Waals surface area contributed by atoms with Crippen LogP contribution in [0.25, 0.3) is 10.2 Å². The van der Waals surface area contributed by atoms with E-state index in [0.717, 1.165) is 0 Å². The summed E-state index contributed by atoms with van der Waals surface area (Å²) in [4.78, 5) is 23.5. The van der Waals surface area contributed by atoms with Crippen LogP contribution in [0.4, 0.5) is 9.52 Å². The zero-order valence-corrected chi connectivity index (χ0v) is 17.3. The fraction of sp³-hybridized carbons (Fsp3) is 0.227. The molecule has 1 aliphatic rings. The summed E-state index contributed by atoms with van der Waals surface area (Å²) < 4.78 is 28.5. The number of aromatic nitrogens is 3. The number of ether oxygens (including phenoxy) is 2. The van der Waals surface area contributed by atoms with Crippen molar-refractivity contribution < 1.29 is 18.7 Å². The monoisotopic (exact) mass is 438 g/mol. The number of carbonyl (C=O) groups excluding carboxylic acids is 1. The largest absolute Gasteiger partial charge is 0.485 e. The number of anilines is 1. The number of amides is 1. The molecule has 2 aromatic carbocycles. The molecule has 0 saturated carbocycles. The highest BCUT2D eigenvalue weighted by molar-refractivity contribution is 7.22. The second-order valence-electron chi connectivity index (χ2n) is 7.09. The van der Waals surface area contributed by atoms with Gasteiger partial charge in [-0.25, -0.2) is 14.4 Å². The first-order valence-corrected chi connectivity index (χ1v) is 10.7. The van der Waals surface area contributed by atoms with Gasteiger partial charge in [-0.1, -0.05) is 29.5 Å². The van der Waals surface area contributed by atoms with Crippen molar-refractivity contribution in [3.8, 4) is 11.5 Å². The Bertz CT molecular complexity index is 1210. The highest BCUT2D eigenvalue weighted by atomic mass is 32.1. The topological polar surface area (TPSA) is 69.5 Å². The molecule has 4 aromatic rings. The number of imidazole rings is 1. The molecule has 3 heterocycles. The number of aryl methyl sites for hydroxylation is 1. The Balaban J connectivity index is 1.41. The summed E-state index contributed by atoms with van der Waals surface area (Å²) >= 11 is 1.28. The van der Waals surface area contributed by atoms with E-state index < -0.39 is 11.9 Å². The van der Waals surface area contributed by atoms with Crippen molar-refractivity contribution in [2.75, 3.05) is 18.1 Å². The number of rotatable bonds is 6. The number of halogens is 1. The highest BCUT2D eigenvalue weighted by Gasteiger charge is 2.33. The van der Waals surface area contributed by atoms with Crippen molar-refractivity contribution >= 4 is 32.6 Å². The van der Waals surface area contributed by atoms with E-state index >= 15 is 0 Å². The van der Waals surface area contributed by atoms with Gasteiger partial charge in [-0.2, -0.15) is 0 Å². The van der Waals surface area contributed by atoms with Crippen LogP contribution in [0, 0.1) is 5.82 Å². The Labute approximate surface area is 181 Å². The summed E-state index contributed by atoms with van der Waals surface area (Å²) in [7, 11) is 0. The maximum atomic E-state index is 14.2.